The largest absolute Gasteiger partial charge is 0.496 e. The van der Waals surface area contributed by atoms with Crippen LogP contribution in [0.4, 0.5) is 0 Å². The summed E-state index contributed by atoms with van der Waals surface area (Å²) in [7, 11) is 3.71. The lowest BCUT2D eigenvalue weighted by Crippen LogP contribution is -2.25. The highest BCUT2D eigenvalue weighted by molar-refractivity contribution is 5.33. The van der Waals surface area contributed by atoms with Gasteiger partial charge in [-0.2, -0.15) is 5.10 Å². The molecule has 5 nitrogen and oxygen atoms in total. The first kappa shape index (κ1) is 17.0. The number of methoxy groups -OCH3 is 1. The molecule has 2 atom stereocenters. The van der Waals surface area contributed by atoms with Crippen molar-refractivity contribution in [3.63, 3.8) is 0 Å². The first-order valence-electron chi connectivity index (χ1n) is 8.56. The normalized spacial score (nSPS) is 20.5. The first-order valence-corrected chi connectivity index (χ1v) is 8.56. The summed E-state index contributed by atoms with van der Waals surface area (Å²) in [6, 6.07) is 8.14. The number of para-hydroxylation sites is 1. The highest BCUT2D eigenvalue weighted by Gasteiger charge is 2.33. The summed E-state index contributed by atoms with van der Waals surface area (Å²) in [6.45, 7) is 6.74. The van der Waals surface area contributed by atoms with Crippen molar-refractivity contribution in [1.82, 2.24) is 15.1 Å². The third kappa shape index (κ3) is 3.32. The summed E-state index contributed by atoms with van der Waals surface area (Å²) in [4.78, 5) is 0. The number of hydrogen-bond donors (Lipinski definition) is 1. The van der Waals surface area contributed by atoms with E-state index in [1.54, 1.807) is 7.11 Å². The lowest BCUT2D eigenvalue weighted by Gasteiger charge is -2.20. The Balaban J connectivity index is 1.64. The van der Waals surface area contributed by atoms with Gasteiger partial charge in [0.2, 0.25) is 0 Å². The molecule has 130 valence electrons. The molecular formula is C19H27N3O2. The average molecular weight is 329 g/mol. The number of hydrogen-bond acceptors (Lipinski definition) is 4. The lowest BCUT2D eigenvalue weighted by molar-refractivity contribution is 0.0893. The quantitative estimate of drug-likeness (QED) is 0.885. The fraction of sp³-hybridized carbons (Fsp3) is 0.526. The molecule has 5 heteroatoms. The molecule has 1 aliphatic rings. The third-order valence-corrected chi connectivity index (χ3v) is 4.98. The van der Waals surface area contributed by atoms with Gasteiger partial charge < -0.3 is 14.8 Å². The molecular weight excluding hydrogens is 302 g/mol. The van der Waals surface area contributed by atoms with Gasteiger partial charge in [-0.05, 0) is 26.3 Å². The van der Waals surface area contributed by atoms with E-state index in [1.807, 2.05) is 29.9 Å². The highest BCUT2D eigenvalue weighted by Crippen LogP contribution is 2.37. The van der Waals surface area contributed by atoms with Crippen molar-refractivity contribution < 1.29 is 9.47 Å². The molecule has 1 N–H and O–H groups in total. The van der Waals surface area contributed by atoms with Crippen molar-refractivity contribution >= 4 is 0 Å². The van der Waals surface area contributed by atoms with E-state index in [4.69, 9.17) is 9.47 Å². The van der Waals surface area contributed by atoms with Crippen molar-refractivity contribution in [2.24, 2.45) is 13.0 Å². The van der Waals surface area contributed by atoms with Gasteiger partial charge in [0.1, 0.15) is 5.75 Å². The molecule has 2 aromatic rings. The minimum atomic E-state index is 0.142. The van der Waals surface area contributed by atoms with Gasteiger partial charge in [0.15, 0.2) is 0 Å². The van der Waals surface area contributed by atoms with E-state index < -0.39 is 0 Å². The van der Waals surface area contributed by atoms with E-state index in [-0.39, 0.29) is 6.10 Å². The molecule has 1 aromatic heterocycles. The lowest BCUT2D eigenvalue weighted by atomic mass is 9.94. The average Bonchev–Trinajstić information content (AvgIpc) is 3.12. The molecule has 0 saturated carbocycles. The summed E-state index contributed by atoms with van der Waals surface area (Å²) < 4.78 is 13.4. The van der Waals surface area contributed by atoms with Gasteiger partial charge in [-0.1, -0.05) is 18.2 Å². The molecule has 2 heterocycles. The summed E-state index contributed by atoms with van der Waals surface area (Å²) in [6.07, 6.45) is 1.22. The second kappa shape index (κ2) is 7.36. The van der Waals surface area contributed by atoms with E-state index in [0.717, 1.165) is 37.6 Å². The monoisotopic (exact) mass is 329 g/mol. The minimum Gasteiger partial charge on any atom is -0.496 e. The van der Waals surface area contributed by atoms with E-state index in [0.29, 0.717) is 5.92 Å². The third-order valence-electron chi connectivity index (χ3n) is 4.98. The van der Waals surface area contributed by atoms with Crippen LogP contribution >= 0.6 is 0 Å². The molecule has 0 spiro atoms. The van der Waals surface area contributed by atoms with Gasteiger partial charge >= 0.3 is 0 Å². The maximum atomic E-state index is 6.06. The number of ether oxygens (including phenoxy) is 2. The van der Waals surface area contributed by atoms with Crippen molar-refractivity contribution in [1.29, 1.82) is 0 Å². The molecule has 1 aromatic carbocycles. The molecule has 1 saturated heterocycles. The standard InChI is InChI=1S/C19H27N3O2/c1-13-18(14(2)22(3)21-13)19-16(9-10-24-19)12-20-11-15-7-5-6-8-17(15)23-4/h5-8,16,19-20H,9-12H2,1-4H3/t16-,19-/m0/s1. The molecule has 0 amide bonds. The Bertz CT molecular complexity index is 696. The Labute approximate surface area is 144 Å². The van der Waals surface area contributed by atoms with Gasteiger partial charge in [-0.15, -0.1) is 0 Å². The number of aromatic nitrogens is 2. The van der Waals surface area contributed by atoms with E-state index in [1.165, 1.54) is 16.8 Å². The number of nitrogens with zero attached hydrogens (tertiary/aromatic N) is 2. The Morgan fingerprint density at radius 2 is 2.12 bits per heavy atom. The fourth-order valence-corrected chi connectivity index (χ4v) is 3.60. The van der Waals surface area contributed by atoms with Crippen LogP contribution in [-0.2, 0) is 18.3 Å². The van der Waals surface area contributed by atoms with Crippen LogP contribution in [0.3, 0.4) is 0 Å². The molecule has 24 heavy (non-hydrogen) atoms. The Hall–Kier alpha value is -1.85. The zero-order valence-electron chi connectivity index (χ0n) is 15.0. The Morgan fingerprint density at radius 3 is 2.83 bits per heavy atom. The number of nitrogens with one attached hydrogen (secondary N) is 1. The zero-order valence-corrected chi connectivity index (χ0v) is 15.0. The van der Waals surface area contributed by atoms with E-state index in [2.05, 4.69) is 30.3 Å². The van der Waals surface area contributed by atoms with Gasteiger partial charge in [0, 0.05) is 49.5 Å². The van der Waals surface area contributed by atoms with Crippen LogP contribution in [0.1, 0.15) is 35.0 Å². The van der Waals surface area contributed by atoms with E-state index >= 15 is 0 Å². The van der Waals surface area contributed by atoms with Gasteiger partial charge in [-0.25, -0.2) is 0 Å². The minimum absolute atomic E-state index is 0.142. The summed E-state index contributed by atoms with van der Waals surface area (Å²) in [5, 5.41) is 8.12. The van der Waals surface area contributed by atoms with Crippen LogP contribution in [0.15, 0.2) is 24.3 Å². The van der Waals surface area contributed by atoms with Crippen LogP contribution in [0.25, 0.3) is 0 Å². The Morgan fingerprint density at radius 1 is 1.33 bits per heavy atom. The van der Waals surface area contributed by atoms with Crippen molar-refractivity contribution in [2.75, 3.05) is 20.3 Å². The number of aryl methyl sites for hydroxylation is 2. The predicted octanol–water partition coefficient (Wildman–Crippen LogP) is 2.91. The van der Waals surface area contributed by atoms with Gasteiger partial charge in [-0.3, -0.25) is 4.68 Å². The molecule has 1 fully saturated rings. The van der Waals surface area contributed by atoms with Crippen LogP contribution in [0.2, 0.25) is 0 Å². The maximum absolute atomic E-state index is 6.06. The van der Waals surface area contributed by atoms with Gasteiger partial charge in [0.05, 0.1) is 18.9 Å². The second-order valence-corrected chi connectivity index (χ2v) is 6.49. The smallest absolute Gasteiger partial charge is 0.123 e. The summed E-state index contributed by atoms with van der Waals surface area (Å²) >= 11 is 0. The molecule has 3 rings (SSSR count). The molecule has 1 aliphatic heterocycles. The molecule has 0 bridgehead atoms. The van der Waals surface area contributed by atoms with E-state index in [9.17, 15) is 0 Å². The fourth-order valence-electron chi connectivity index (χ4n) is 3.60. The SMILES string of the molecule is COc1ccccc1CNC[C@@H]1CCO[C@@H]1c1c(C)nn(C)c1C. The van der Waals surface area contributed by atoms with Gasteiger partial charge in [0.25, 0.3) is 0 Å². The van der Waals surface area contributed by atoms with Crippen molar-refractivity contribution in [3.8, 4) is 5.75 Å². The molecule has 0 unspecified atom stereocenters. The first-order chi connectivity index (χ1) is 11.6. The second-order valence-electron chi connectivity index (χ2n) is 6.49. The summed E-state index contributed by atoms with van der Waals surface area (Å²) in [5.74, 6) is 1.41. The number of rotatable bonds is 6. The molecule has 0 aliphatic carbocycles. The molecule has 0 radical (unpaired) electrons. The zero-order chi connectivity index (χ0) is 17.1. The number of benzene rings is 1. The highest BCUT2D eigenvalue weighted by atomic mass is 16.5. The Kier molecular flexibility index (Phi) is 5.21. The van der Waals surface area contributed by atoms with Crippen LogP contribution < -0.4 is 10.1 Å². The summed E-state index contributed by atoms with van der Waals surface area (Å²) in [5.41, 5.74) is 4.73. The maximum Gasteiger partial charge on any atom is 0.123 e. The van der Waals surface area contributed by atoms with Crippen molar-refractivity contribution in [2.45, 2.75) is 32.9 Å². The van der Waals surface area contributed by atoms with Crippen molar-refractivity contribution in [3.05, 3.63) is 46.8 Å². The van der Waals surface area contributed by atoms with Crippen LogP contribution in [0.5, 0.6) is 5.75 Å². The van der Waals surface area contributed by atoms with Crippen LogP contribution in [-0.4, -0.2) is 30.0 Å². The predicted molar refractivity (Wildman–Crippen MR) is 94.2 cm³/mol. The van der Waals surface area contributed by atoms with Crippen LogP contribution in [0, 0.1) is 19.8 Å². The topological polar surface area (TPSA) is 48.3 Å².